The molecular weight excluding hydrogens is 158 g/mol. The zero-order valence-electron chi connectivity index (χ0n) is 7.44. The highest BCUT2D eigenvalue weighted by Gasteiger charge is 2.00. The number of nitrogens with one attached hydrogen (secondary N) is 3. The first-order valence-corrected chi connectivity index (χ1v) is 3.97. The van der Waals surface area contributed by atoms with E-state index in [1.54, 1.807) is 0 Å². The Morgan fingerprint density at radius 2 is 1.92 bits per heavy atom. The van der Waals surface area contributed by atoms with Crippen LogP contribution in [-0.2, 0) is 4.79 Å². The Morgan fingerprint density at radius 3 is 2.42 bits per heavy atom. The fourth-order valence-corrected chi connectivity index (χ4v) is 0.589. The minimum Gasteiger partial charge on any atom is -0.340 e. The van der Waals surface area contributed by atoms with Crippen LogP contribution in [0.1, 0.15) is 26.2 Å². The van der Waals surface area contributed by atoms with E-state index in [2.05, 4.69) is 16.2 Å². The van der Waals surface area contributed by atoms with Gasteiger partial charge in [-0.05, 0) is 6.42 Å². The molecule has 3 amide bonds. The van der Waals surface area contributed by atoms with Crippen LogP contribution < -0.4 is 16.2 Å². The smallest absolute Gasteiger partial charge is 0.333 e. The molecular formula is C7H15N3O2. The van der Waals surface area contributed by atoms with Crippen molar-refractivity contribution in [3.8, 4) is 0 Å². The number of hydrogen-bond donors (Lipinski definition) is 3. The molecule has 0 fully saturated rings. The maximum absolute atomic E-state index is 10.9. The molecule has 5 heteroatoms. The van der Waals surface area contributed by atoms with E-state index in [4.69, 9.17) is 0 Å². The van der Waals surface area contributed by atoms with E-state index in [0.717, 1.165) is 12.8 Å². The number of carbonyl (C=O) groups is 2. The van der Waals surface area contributed by atoms with Gasteiger partial charge in [-0.25, -0.2) is 10.2 Å². The molecule has 0 aromatic carbocycles. The van der Waals surface area contributed by atoms with Crippen LogP contribution in [0.2, 0.25) is 0 Å². The van der Waals surface area contributed by atoms with E-state index < -0.39 is 6.03 Å². The van der Waals surface area contributed by atoms with Crippen molar-refractivity contribution in [3.63, 3.8) is 0 Å². The molecule has 0 aromatic rings. The lowest BCUT2D eigenvalue weighted by Gasteiger charge is -2.05. The standard InChI is InChI=1S/C7H15N3O2/c1-3-4-5-6(11)9-10-7(12)8-2/h3-5H2,1-2H3,(H,9,11)(H2,8,10,12). The Bertz CT molecular complexity index is 159. The van der Waals surface area contributed by atoms with Crippen molar-refractivity contribution in [1.82, 2.24) is 16.2 Å². The van der Waals surface area contributed by atoms with Crippen LogP contribution in [-0.4, -0.2) is 19.0 Å². The molecule has 0 aliphatic rings. The number of rotatable bonds is 3. The summed E-state index contributed by atoms with van der Waals surface area (Å²) in [4.78, 5) is 21.4. The maximum Gasteiger partial charge on any atom is 0.333 e. The second-order valence-electron chi connectivity index (χ2n) is 2.36. The summed E-state index contributed by atoms with van der Waals surface area (Å²) in [6, 6.07) is -0.417. The fraction of sp³-hybridized carbons (Fsp3) is 0.714. The monoisotopic (exact) mass is 173 g/mol. The molecule has 0 heterocycles. The minimum atomic E-state index is -0.417. The molecule has 5 nitrogen and oxygen atoms in total. The molecule has 12 heavy (non-hydrogen) atoms. The van der Waals surface area contributed by atoms with Gasteiger partial charge in [-0.15, -0.1) is 0 Å². The third-order valence-corrected chi connectivity index (χ3v) is 1.30. The van der Waals surface area contributed by atoms with Gasteiger partial charge < -0.3 is 5.32 Å². The fourth-order valence-electron chi connectivity index (χ4n) is 0.589. The normalized spacial score (nSPS) is 8.83. The van der Waals surface area contributed by atoms with Crippen molar-refractivity contribution in [2.24, 2.45) is 0 Å². The lowest BCUT2D eigenvalue weighted by molar-refractivity contribution is -0.121. The molecule has 0 atom stereocenters. The summed E-state index contributed by atoms with van der Waals surface area (Å²) >= 11 is 0. The van der Waals surface area contributed by atoms with Crippen molar-refractivity contribution in [1.29, 1.82) is 0 Å². The zero-order chi connectivity index (χ0) is 9.40. The summed E-state index contributed by atoms with van der Waals surface area (Å²) in [5.74, 6) is -0.166. The average Bonchev–Trinajstić information content (AvgIpc) is 2.10. The van der Waals surface area contributed by atoms with Crippen LogP contribution in [0.5, 0.6) is 0 Å². The molecule has 0 aliphatic carbocycles. The summed E-state index contributed by atoms with van der Waals surface area (Å²) in [6.07, 6.45) is 2.25. The van der Waals surface area contributed by atoms with E-state index in [9.17, 15) is 9.59 Å². The highest BCUT2D eigenvalue weighted by atomic mass is 16.2. The third kappa shape index (κ3) is 5.52. The van der Waals surface area contributed by atoms with E-state index >= 15 is 0 Å². The van der Waals surface area contributed by atoms with Gasteiger partial charge in [0, 0.05) is 13.5 Å². The minimum absolute atomic E-state index is 0.166. The van der Waals surface area contributed by atoms with Crippen molar-refractivity contribution in [3.05, 3.63) is 0 Å². The number of amides is 3. The molecule has 70 valence electrons. The van der Waals surface area contributed by atoms with Crippen LogP contribution in [0.15, 0.2) is 0 Å². The largest absolute Gasteiger partial charge is 0.340 e. The van der Waals surface area contributed by atoms with Gasteiger partial charge in [0.2, 0.25) is 5.91 Å². The Labute approximate surface area is 71.9 Å². The SMILES string of the molecule is CCCCC(=O)NNC(=O)NC. The Kier molecular flexibility index (Phi) is 5.77. The molecule has 0 unspecified atom stereocenters. The van der Waals surface area contributed by atoms with E-state index in [0.29, 0.717) is 6.42 Å². The van der Waals surface area contributed by atoms with Gasteiger partial charge in [-0.2, -0.15) is 0 Å². The van der Waals surface area contributed by atoms with Gasteiger partial charge >= 0.3 is 6.03 Å². The zero-order valence-corrected chi connectivity index (χ0v) is 7.44. The highest BCUT2D eigenvalue weighted by molar-refractivity contribution is 5.80. The molecule has 0 radical (unpaired) electrons. The lowest BCUT2D eigenvalue weighted by Crippen LogP contribution is -2.45. The highest BCUT2D eigenvalue weighted by Crippen LogP contribution is 1.91. The van der Waals surface area contributed by atoms with Crippen molar-refractivity contribution in [2.75, 3.05) is 7.05 Å². The first-order chi connectivity index (χ1) is 5.70. The van der Waals surface area contributed by atoms with Crippen LogP contribution >= 0.6 is 0 Å². The summed E-state index contributed by atoms with van der Waals surface area (Å²) in [7, 11) is 1.48. The topological polar surface area (TPSA) is 70.2 Å². The van der Waals surface area contributed by atoms with Gasteiger partial charge in [0.25, 0.3) is 0 Å². The van der Waals surface area contributed by atoms with Gasteiger partial charge in [0.05, 0.1) is 0 Å². The second-order valence-corrected chi connectivity index (χ2v) is 2.36. The Balaban J connectivity index is 3.37. The first kappa shape index (κ1) is 10.7. The predicted octanol–water partition coefficient (Wildman–Crippen LogP) is 0.137. The Hall–Kier alpha value is -1.26. The van der Waals surface area contributed by atoms with Crippen LogP contribution in [0.4, 0.5) is 4.79 Å². The summed E-state index contributed by atoms with van der Waals surface area (Å²) in [5.41, 5.74) is 4.46. The van der Waals surface area contributed by atoms with E-state index in [1.807, 2.05) is 6.92 Å². The van der Waals surface area contributed by atoms with Gasteiger partial charge in [0.15, 0.2) is 0 Å². The average molecular weight is 173 g/mol. The predicted molar refractivity (Wildman–Crippen MR) is 45.3 cm³/mol. The molecule has 0 bridgehead atoms. The first-order valence-electron chi connectivity index (χ1n) is 3.97. The Morgan fingerprint density at radius 1 is 1.25 bits per heavy atom. The van der Waals surface area contributed by atoms with Crippen LogP contribution in [0.3, 0.4) is 0 Å². The number of hydrogen-bond acceptors (Lipinski definition) is 2. The summed E-state index contributed by atoms with van der Waals surface area (Å²) in [6.45, 7) is 2.00. The molecule has 3 N–H and O–H groups in total. The van der Waals surface area contributed by atoms with Gasteiger partial charge in [-0.1, -0.05) is 13.3 Å². The molecule has 0 rings (SSSR count). The number of hydrazine groups is 1. The lowest BCUT2D eigenvalue weighted by atomic mass is 10.2. The molecule has 0 saturated heterocycles. The maximum atomic E-state index is 10.9. The summed E-state index contributed by atoms with van der Waals surface area (Å²) < 4.78 is 0. The van der Waals surface area contributed by atoms with Crippen molar-refractivity contribution >= 4 is 11.9 Å². The summed E-state index contributed by atoms with van der Waals surface area (Å²) in [5, 5.41) is 2.31. The number of urea groups is 1. The molecule has 0 saturated carbocycles. The van der Waals surface area contributed by atoms with Gasteiger partial charge in [0.1, 0.15) is 0 Å². The number of carbonyl (C=O) groups excluding carboxylic acids is 2. The van der Waals surface area contributed by atoms with E-state index in [-0.39, 0.29) is 5.91 Å². The molecule has 0 spiro atoms. The van der Waals surface area contributed by atoms with Crippen LogP contribution in [0, 0.1) is 0 Å². The molecule has 0 aromatic heterocycles. The van der Waals surface area contributed by atoms with Crippen LogP contribution in [0.25, 0.3) is 0 Å². The van der Waals surface area contributed by atoms with E-state index in [1.165, 1.54) is 7.05 Å². The van der Waals surface area contributed by atoms with Crippen molar-refractivity contribution in [2.45, 2.75) is 26.2 Å². The van der Waals surface area contributed by atoms with Gasteiger partial charge in [-0.3, -0.25) is 10.2 Å². The quantitative estimate of drug-likeness (QED) is 0.531. The van der Waals surface area contributed by atoms with Crippen molar-refractivity contribution < 1.29 is 9.59 Å². The second kappa shape index (κ2) is 6.45. The number of unbranched alkanes of at least 4 members (excludes halogenated alkanes) is 1. The molecule has 0 aliphatic heterocycles. The third-order valence-electron chi connectivity index (χ3n) is 1.30.